The van der Waals surface area contributed by atoms with E-state index in [0.717, 1.165) is 0 Å². The zero-order valence-corrected chi connectivity index (χ0v) is 41.4. The summed E-state index contributed by atoms with van der Waals surface area (Å²) in [5, 5.41) is 0. The van der Waals surface area contributed by atoms with E-state index in [-0.39, 0.29) is 103 Å². The van der Waals surface area contributed by atoms with Gasteiger partial charge in [-0.25, -0.2) is 0 Å². The molecule has 0 saturated carbocycles. The molecule has 0 fully saturated rings. The van der Waals surface area contributed by atoms with Crippen molar-refractivity contribution in [3.63, 3.8) is 0 Å². The molecule has 0 rings (SSSR count). The van der Waals surface area contributed by atoms with Crippen LogP contribution in [0.2, 0.25) is 0 Å². The standard InChI is InChI=1S/2C9H21P.4C4H10S.4Cu/c2*1-4-7-10(8-5-2)9-6-3;4*1-4(2,3)5;;;;/h2*4-9H2,1-3H3;4*5H,1-3H3;;;;/q;;;;;;4*+1/p-2. The normalized spacial score (nSPS) is 10.4. The maximum Gasteiger partial charge on any atom is 1.00 e. The van der Waals surface area contributed by atoms with Crippen LogP contribution < -0.4 is 0 Å². The number of hydrogen-bond donors (Lipinski definition) is 0. The van der Waals surface area contributed by atoms with Gasteiger partial charge in [0.1, 0.15) is 0 Å². The van der Waals surface area contributed by atoms with Crippen molar-refractivity contribution in [3.05, 3.63) is 0 Å². The Labute approximate surface area is 350 Å². The molecular formula is C34H80Cu4P2S4+2. The Bertz CT molecular complexity index is 346. The summed E-state index contributed by atoms with van der Waals surface area (Å²) in [5.41, 5.74) is 0. The van der Waals surface area contributed by atoms with E-state index in [1.807, 2.05) is 83.1 Å². The molecule has 0 aromatic heterocycles. The molecule has 292 valence electrons. The van der Waals surface area contributed by atoms with E-state index in [2.05, 4.69) is 41.5 Å². The minimum atomic E-state index is 0. The van der Waals surface area contributed by atoms with Crippen LogP contribution in [-0.4, -0.2) is 56.0 Å². The molecule has 0 aliphatic rings. The van der Waals surface area contributed by atoms with Crippen LogP contribution in [0.25, 0.3) is 0 Å². The third-order valence-corrected chi connectivity index (χ3v) is 10.9. The molecule has 0 N–H and O–H groups in total. The maximum absolute atomic E-state index is 4.83. The van der Waals surface area contributed by atoms with Crippen LogP contribution in [0.15, 0.2) is 0 Å². The van der Waals surface area contributed by atoms with Gasteiger partial charge in [0.25, 0.3) is 0 Å². The molecule has 0 nitrogen and oxygen atoms in total. The fourth-order valence-corrected chi connectivity index (χ4v) is 8.61. The Morgan fingerprint density at radius 2 is 0.364 bits per heavy atom. The van der Waals surface area contributed by atoms with Gasteiger partial charge in [0, 0.05) is 15.8 Å². The van der Waals surface area contributed by atoms with Crippen LogP contribution in [0.5, 0.6) is 0 Å². The zero-order chi connectivity index (χ0) is 33.6. The van der Waals surface area contributed by atoms with E-state index < -0.39 is 0 Å². The van der Waals surface area contributed by atoms with Crippen LogP contribution >= 0.6 is 15.8 Å². The quantitative estimate of drug-likeness (QED) is 0.109. The van der Waals surface area contributed by atoms with Gasteiger partial charge >= 0.3 is 68.3 Å². The van der Waals surface area contributed by atoms with Crippen molar-refractivity contribution in [2.45, 2.75) is 182 Å². The van der Waals surface area contributed by atoms with Crippen LogP contribution in [0.3, 0.4) is 0 Å². The van der Waals surface area contributed by atoms with Crippen LogP contribution in [0.1, 0.15) is 163 Å². The first-order valence-electron chi connectivity index (χ1n) is 16.2. The zero-order valence-electron chi connectivity index (χ0n) is 32.3. The molecular weight excluding hydrogens is 853 g/mol. The Hall–Kier alpha value is 4.34. The van der Waals surface area contributed by atoms with Gasteiger partial charge in [0.2, 0.25) is 0 Å². The van der Waals surface area contributed by atoms with Gasteiger partial charge in [-0.05, 0) is 38.5 Å². The monoisotopic (exact) mass is 930 g/mol. The molecule has 10 heteroatoms. The molecule has 0 spiro atoms. The average molecular weight is 933 g/mol. The van der Waals surface area contributed by atoms with Crippen molar-refractivity contribution >= 4 is 66.4 Å². The minimum Gasteiger partial charge on any atom is -0.787 e. The summed E-state index contributed by atoms with van der Waals surface area (Å²) < 4.78 is 0.333. The van der Waals surface area contributed by atoms with E-state index in [1.165, 1.54) is 38.5 Å². The smallest absolute Gasteiger partial charge is 0.787 e. The molecule has 0 amide bonds. The van der Waals surface area contributed by atoms with Gasteiger partial charge in [-0.3, -0.25) is 0 Å². The molecule has 0 bridgehead atoms. The van der Waals surface area contributed by atoms with Crippen molar-refractivity contribution in [1.82, 2.24) is 0 Å². The second kappa shape index (κ2) is 47.3. The number of hydrogen-bond acceptors (Lipinski definition) is 4. The van der Waals surface area contributed by atoms with Crippen LogP contribution in [-0.2, 0) is 119 Å². The topological polar surface area (TPSA) is 0 Å². The first-order chi connectivity index (χ1) is 17.7. The third kappa shape index (κ3) is 191. The molecule has 0 atom stereocenters. The first-order valence-corrected chi connectivity index (χ1v) is 22.1. The van der Waals surface area contributed by atoms with Crippen molar-refractivity contribution in [1.29, 1.82) is 0 Å². The van der Waals surface area contributed by atoms with Crippen molar-refractivity contribution in [2.24, 2.45) is 0 Å². The second-order valence-corrected chi connectivity index (χ2v) is 25.3. The van der Waals surface area contributed by atoms with Gasteiger partial charge < -0.3 is 50.5 Å². The van der Waals surface area contributed by atoms with Crippen LogP contribution in [0, 0.1) is 0 Å². The molecule has 0 aromatic rings. The van der Waals surface area contributed by atoms with Gasteiger partial charge in [-0.1, -0.05) is 125 Å². The summed E-state index contributed by atoms with van der Waals surface area (Å²) in [6.45, 7) is 37.9. The van der Waals surface area contributed by atoms with E-state index in [4.69, 9.17) is 50.5 Å². The molecule has 0 heterocycles. The number of rotatable bonds is 12. The fourth-order valence-electron chi connectivity index (χ4n) is 2.87. The summed E-state index contributed by atoms with van der Waals surface area (Å²) in [7, 11) is 0.205. The van der Waals surface area contributed by atoms with Crippen molar-refractivity contribution in [3.8, 4) is 0 Å². The maximum atomic E-state index is 4.83. The van der Waals surface area contributed by atoms with E-state index in [9.17, 15) is 0 Å². The van der Waals surface area contributed by atoms with E-state index in [0.29, 0.717) is 0 Å². The summed E-state index contributed by atoms with van der Waals surface area (Å²) >= 11 is 19.3. The molecule has 0 radical (unpaired) electrons. The molecule has 0 aliphatic heterocycles. The average Bonchev–Trinajstić information content (AvgIpc) is 2.65. The SMILES string of the molecule is CC(C)(C)[S-].CC(C)(C)[S-].CC(C)(C)[S-].CC(C)(C)[S-].CCC[PH+](CCC)CCC.CCC[PH+](CCC)CCC.[Cu+].[Cu+].[Cu+].[Cu+]. The van der Waals surface area contributed by atoms with Crippen molar-refractivity contribution < 1.29 is 68.3 Å². The molecule has 44 heavy (non-hydrogen) atoms. The van der Waals surface area contributed by atoms with Gasteiger partial charge in [-0.2, -0.15) is 19.0 Å². The van der Waals surface area contributed by atoms with Gasteiger partial charge in [-0.15, -0.1) is 0 Å². The van der Waals surface area contributed by atoms with Gasteiger partial charge in [0.05, 0.1) is 37.0 Å². The third-order valence-electron chi connectivity index (χ3n) is 3.62. The first kappa shape index (κ1) is 73.7. The molecule has 0 aliphatic carbocycles. The Morgan fingerprint density at radius 1 is 0.295 bits per heavy atom. The Balaban J connectivity index is -0.0000000399. The fraction of sp³-hybridized carbons (Fsp3) is 1.00. The molecule has 0 unspecified atom stereocenters. The summed E-state index contributed by atoms with van der Waals surface area (Å²) in [6.07, 6.45) is 17.8. The Morgan fingerprint density at radius 3 is 0.409 bits per heavy atom. The predicted molar refractivity (Wildman–Crippen MR) is 216 cm³/mol. The second-order valence-electron chi connectivity index (χ2n) is 14.4. The largest absolute Gasteiger partial charge is 1.00 e. The molecule has 0 saturated heterocycles. The molecule has 0 aromatic carbocycles. The summed E-state index contributed by atoms with van der Waals surface area (Å²) in [5.74, 6) is 0. The summed E-state index contributed by atoms with van der Waals surface area (Å²) in [4.78, 5) is 0. The predicted octanol–water partition coefficient (Wildman–Crippen LogP) is 12.2. The minimum absolute atomic E-state index is 0. The van der Waals surface area contributed by atoms with E-state index in [1.54, 1.807) is 37.0 Å². The Kier molecular flexibility index (Phi) is 79.3. The van der Waals surface area contributed by atoms with Gasteiger partial charge in [0.15, 0.2) is 0 Å². The summed E-state index contributed by atoms with van der Waals surface area (Å²) in [6, 6.07) is 0. The van der Waals surface area contributed by atoms with E-state index >= 15 is 0 Å². The van der Waals surface area contributed by atoms with Crippen molar-refractivity contribution in [2.75, 3.05) is 37.0 Å². The van der Waals surface area contributed by atoms with Crippen LogP contribution in [0.4, 0.5) is 0 Å².